The van der Waals surface area contributed by atoms with Crippen LogP contribution in [-0.2, 0) is 19.4 Å². The average Bonchev–Trinajstić information content (AvgIpc) is 3.39. The van der Waals surface area contributed by atoms with Gasteiger partial charge in [0.2, 0.25) is 5.91 Å². The number of nitriles is 1. The van der Waals surface area contributed by atoms with Crippen LogP contribution in [0.25, 0.3) is 0 Å². The Bertz CT molecular complexity index is 1130. The van der Waals surface area contributed by atoms with E-state index in [1.807, 2.05) is 13.8 Å². The molecule has 0 bridgehead atoms. The molecule has 1 aromatic carbocycles. The van der Waals surface area contributed by atoms with Crippen molar-refractivity contribution in [3.8, 4) is 6.07 Å². The molecule has 0 radical (unpaired) electrons. The predicted octanol–water partition coefficient (Wildman–Crippen LogP) is 3.88. The largest absolute Gasteiger partial charge is 0.444 e. The highest BCUT2D eigenvalue weighted by Gasteiger charge is 2.63. The van der Waals surface area contributed by atoms with Crippen LogP contribution in [0.5, 0.6) is 0 Å². The fourth-order valence-electron chi connectivity index (χ4n) is 4.86. The van der Waals surface area contributed by atoms with Gasteiger partial charge in [-0.05, 0) is 70.1 Å². The topological polar surface area (TPSA) is 117 Å². The number of nitrogens with one attached hydrogen (secondary N) is 1. The molecule has 0 spiro atoms. The second kappa shape index (κ2) is 9.08. The van der Waals surface area contributed by atoms with Crippen LogP contribution in [0.4, 0.5) is 9.18 Å². The minimum atomic E-state index is -3.78. The summed E-state index contributed by atoms with van der Waals surface area (Å²) in [7, 11) is -3.78. The Hall–Kier alpha value is -2.67. The number of hydrogen-bond donors (Lipinski definition) is 1. The van der Waals surface area contributed by atoms with E-state index >= 15 is 0 Å². The van der Waals surface area contributed by atoms with Crippen LogP contribution >= 0.6 is 0 Å². The quantitative estimate of drug-likeness (QED) is 0.625. The molecule has 3 atom stereocenters. The van der Waals surface area contributed by atoms with Gasteiger partial charge in [-0.15, -0.1) is 0 Å². The fraction of sp³-hybridized carbons (Fsp3) is 0.640. The summed E-state index contributed by atoms with van der Waals surface area (Å²) < 4.78 is 45.5. The van der Waals surface area contributed by atoms with Crippen molar-refractivity contribution >= 4 is 21.8 Å². The molecule has 1 aliphatic heterocycles. The molecule has 35 heavy (non-hydrogen) atoms. The van der Waals surface area contributed by atoms with Crippen molar-refractivity contribution in [1.29, 1.82) is 5.26 Å². The van der Waals surface area contributed by atoms with E-state index in [9.17, 15) is 27.7 Å². The van der Waals surface area contributed by atoms with Crippen LogP contribution in [0, 0.1) is 23.1 Å². The van der Waals surface area contributed by atoms with Gasteiger partial charge in [0.25, 0.3) is 0 Å². The van der Waals surface area contributed by atoms with Gasteiger partial charge in [-0.25, -0.2) is 17.6 Å². The summed E-state index contributed by atoms with van der Waals surface area (Å²) >= 11 is 0. The maximum Gasteiger partial charge on any atom is 0.411 e. The molecule has 1 heterocycles. The van der Waals surface area contributed by atoms with Crippen molar-refractivity contribution in [2.75, 3.05) is 6.26 Å². The van der Waals surface area contributed by atoms with E-state index in [-0.39, 0.29) is 18.8 Å². The molecular weight excluding hydrogens is 473 g/mol. The van der Waals surface area contributed by atoms with Gasteiger partial charge in [0, 0.05) is 6.26 Å². The highest BCUT2D eigenvalue weighted by atomic mass is 32.2. The molecule has 3 rings (SSSR count). The fourth-order valence-corrected chi connectivity index (χ4v) is 6.18. The van der Waals surface area contributed by atoms with Crippen molar-refractivity contribution in [3.63, 3.8) is 0 Å². The Morgan fingerprint density at radius 2 is 1.83 bits per heavy atom. The van der Waals surface area contributed by atoms with E-state index in [1.165, 1.54) is 29.2 Å². The lowest BCUT2D eigenvalue weighted by Gasteiger charge is -2.41. The number of hydrogen-bond acceptors (Lipinski definition) is 6. The molecule has 2 fully saturated rings. The summed E-state index contributed by atoms with van der Waals surface area (Å²) in [5.41, 5.74) is -3.14. The van der Waals surface area contributed by atoms with E-state index in [1.54, 1.807) is 20.8 Å². The highest BCUT2D eigenvalue weighted by Crippen LogP contribution is 2.50. The smallest absolute Gasteiger partial charge is 0.411 e. The van der Waals surface area contributed by atoms with Crippen LogP contribution < -0.4 is 5.32 Å². The Labute approximate surface area is 206 Å². The monoisotopic (exact) mass is 507 g/mol. The SMILES string of the molecule is CC(C)C[C@]1(C(=O)NC2(C#N)CC2)C[C@H](S(C)(=O)=O)[C@@H](c2ccc(F)cc2)N1C(=O)OC(C)(C)C. The molecule has 1 aliphatic carbocycles. The van der Waals surface area contributed by atoms with Crippen molar-refractivity contribution < 1.29 is 27.1 Å². The predicted molar refractivity (Wildman–Crippen MR) is 128 cm³/mol. The van der Waals surface area contributed by atoms with Gasteiger partial charge in [-0.2, -0.15) is 5.26 Å². The second-order valence-electron chi connectivity index (χ2n) is 11.2. The van der Waals surface area contributed by atoms with Gasteiger partial charge < -0.3 is 10.1 Å². The van der Waals surface area contributed by atoms with E-state index in [0.29, 0.717) is 18.4 Å². The zero-order valence-corrected chi connectivity index (χ0v) is 21.9. The minimum absolute atomic E-state index is 0.102. The number of carbonyl (C=O) groups excluding carboxylic acids is 2. The molecule has 10 heteroatoms. The number of halogens is 1. The lowest BCUT2D eigenvalue weighted by atomic mass is 9.85. The Morgan fingerprint density at radius 3 is 2.26 bits per heavy atom. The van der Waals surface area contributed by atoms with Crippen molar-refractivity contribution in [3.05, 3.63) is 35.6 Å². The lowest BCUT2D eigenvalue weighted by Crippen LogP contribution is -2.60. The number of ether oxygens (including phenoxy) is 1. The van der Waals surface area contributed by atoms with Gasteiger partial charge >= 0.3 is 6.09 Å². The van der Waals surface area contributed by atoms with Gasteiger partial charge in [-0.1, -0.05) is 26.0 Å². The first kappa shape index (κ1) is 26.9. The van der Waals surface area contributed by atoms with Gasteiger partial charge in [-0.3, -0.25) is 9.69 Å². The molecule has 1 saturated carbocycles. The maximum atomic E-state index is 13.9. The molecule has 0 aromatic heterocycles. The third kappa shape index (κ3) is 5.61. The van der Waals surface area contributed by atoms with Crippen LogP contribution in [0.1, 0.15) is 71.9 Å². The van der Waals surface area contributed by atoms with Gasteiger partial charge in [0.05, 0.1) is 17.4 Å². The van der Waals surface area contributed by atoms with Gasteiger partial charge in [0.15, 0.2) is 9.84 Å². The van der Waals surface area contributed by atoms with E-state index < -0.39 is 55.6 Å². The van der Waals surface area contributed by atoms with E-state index in [0.717, 1.165) is 6.26 Å². The number of carbonyl (C=O) groups is 2. The minimum Gasteiger partial charge on any atom is -0.444 e. The summed E-state index contributed by atoms with van der Waals surface area (Å²) in [6.45, 7) is 8.79. The Balaban J connectivity index is 2.25. The maximum absolute atomic E-state index is 13.9. The summed E-state index contributed by atoms with van der Waals surface area (Å²) in [4.78, 5) is 28.9. The lowest BCUT2D eigenvalue weighted by molar-refractivity contribution is -0.134. The highest BCUT2D eigenvalue weighted by molar-refractivity contribution is 7.91. The molecule has 1 saturated heterocycles. The summed E-state index contributed by atoms with van der Waals surface area (Å²) in [5.74, 6) is -1.19. The number of sulfone groups is 1. The first-order chi connectivity index (χ1) is 16.0. The number of benzene rings is 1. The van der Waals surface area contributed by atoms with Crippen LogP contribution in [0.15, 0.2) is 24.3 Å². The van der Waals surface area contributed by atoms with Crippen LogP contribution in [-0.4, -0.2) is 53.5 Å². The molecule has 192 valence electrons. The number of likely N-dealkylation sites (tertiary alicyclic amines) is 1. The number of nitrogens with zero attached hydrogens (tertiary/aromatic N) is 2. The van der Waals surface area contributed by atoms with E-state index in [2.05, 4.69) is 11.4 Å². The summed E-state index contributed by atoms with van der Waals surface area (Å²) in [6.07, 6.45) is 1.19. The van der Waals surface area contributed by atoms with Crippen molar-refractivity contribution in [2.24, 2.45) is 5.92 Å². The zero-order chi connectivity index (χ0) is 26.4. The standard InChI is InChI=1S/C25H34FN3O5S/c1-16(2)13-25(21(30)28-24(15-27)11-12-24)14-19(35(6,32)33)20(17-7-9-18(26)10-8-17)29(25)22(31)34-23(3,4)5/h7-10,16,19-20H,11-14H2,1-6H3,(H,28,30)/t19-,20+,25+/m0/s1. The van der Waals surface area contributed by atoms with E-state index in [4.69, 9.17) is 4.74 Å². The molecule has 1 N–H and O–H groups in total. The summed E-state index contributed by atoms with van der Waals surface area (Å²) in [6, 6.07) is 6.28. The zero-order valence-electron chi connectivity index (χ0n) is 21.1. The van der Waals surface area contributed by atoms with Crippen LogP contribution in [0.2, 0.25) is 0 Å². The molecule has 2 amide bonds. The summed E-state index contributed by atoms with van der Waals surface area (Å²) in [5, 5.41) is 11.2. The third-order valence-corrected chi connectivity index (χ3v) is 7.99. The molecule has 8 nitrogen and oxygen atoms in total. The van der Waals surface area contributed by atoms with Crippen LogP contribution in [0.3, 0.4) is 0 Å². The molecule has 0 unspecified atom stereocenters. The van der Waals surface area contributed by atoms with Crippen molar-refractivity contribution in [2.45, 2.75) is 88.3 Å². The van der Waals surface area contributed by atoms with Crippen molar-refractivity contribution in [1.82, 2.24) is 10.2 Å². The first-order valence-electron chi connectivity index (χ1n) is 11.7. The Kier molecular flexibility index (Phi) is 6.99. The Morgan fingerprint density at radius 1 is 1.26 bits per heavy atom. The first-order valence-corrected chi connectivity index (χ1v) is 13.7. The molecule has 2 aliphatic rings. The number of amides is 2. The number of rotatable bonds is 6. The third-order valence-electron chi connectivity index (χ3n) is 6.47. The van der Waals surface area contributed by atoms with Gasteiger partial charge in [0.1, 0.15) is 22.5 Å². The second-order valence-corrected chi connectivity index (χ2v) is 13.5. The normalized spacial score (nSPS) is 25.7. The average molecular weight is 508 g/mol. The molecule has 1 aromatic rings. The molecular formula is C25H34FN3O5S.